The first kappa shape index (κ1) is 19.3. The van der Waals surface area contributed by atoms with E-state index in [0.717, 1.165) is 11.3 Å². The third kappa shape index (κ3) is 3.77. The Balaban J connectivity index is 1.75. The summed E-state index contributed by atoms with van der Waals surface area (Å²) in [5, 5.41) is 11.8. The fourth-order valence-electron chi connectivity index (χ4n) is 2.59. The minimum Gasteiger partial charge on any atom is -0.448 e. The summed E-state index contributed by atoms with van der Waals surface area (Å²) in [6.45, 7) is 4.75. The number of rotatable bonds is 4. The second-order valence-corrected chi connectivity index (χ2v) is 7.11. The number of esters is 1. The van der Waals surface area contributed by atoms with Gasteiger partial charge < -0.3 is 15.0 Å². The number of hydrogen-bond donors (Lipinski definition) is 2. The van der Waals surface area contributed by atoms with E-state index in [-0.39, 0.29) is 10.4 Å². The molecule has 8 nitrogen and oxygen atoms in total. The van der Waals surface area contributed by atoms with Crippen molar-refractivity contribution in [3.05, 3.63) is 56.4 Å². The van der Waals surface area contributed by atoms with Crippen molar-refractivity contribution in [1.29, 1.82) is 5.26 Å². The maximum atomic E-state index is 12.5. The molecular weight excluding hydrogens is 380 g/mol. The molecule has 9 heteroatoms. The van der Waals surface area contributed by atoms with E-state index in [4.69, 9.17) is 10.00 Å². The summed E-state index contributed by atoms with van der Waals surface area (Å²) < 4.78 is 5.26. The van der Waals surface area contributed by atoms with Crippen molar-refractivity contribution in [2.75, 3.05) is 5.32 Å². The van der Waals surface area contributed by atoms with E-state index in [0.29, 0.717) is 32.9 Å². The summed E-state index contributed by atoms with van der Waals surface area (Å²) in [4.78, 5) is 44.4. The van der Waals surface area contributed by atoms with Crippen molar-refractivity contribution in [3.8, 4) is 6.07 Å². The number of anilines is 1. The molecule has 0 aliphatic carbocycles. The maximum Gasteiger partial charge on any atom is 0.349 e. The summed E-state index contributed by atoms with van der Waals surface area (Å²) in [6, 6.07) is 8.29. The highest BCUT2D eigenvalue weighted by Gasteiger charge is 2.24. The lowest BCUT2D eigenvalue weighted by molar-refractivity contribution is -0.123. The van der Waals surface area contributed by atoms with Gasteiger partial charge in [-0.25, -0.2) is 9.78 Å². The maximum absolute atomic E-state index is 12.5. The normalized spacial score (nSPS) is 11.6. The van der Waals surface area contributed by atoms with E-state index in [9.17, 15) is 14.4 Å². The number of nitrogens with zero attached hydrogens (tertiary/aromatic N) is 2. The van der Waals surface area contributed by atoms with Gasteiger partial charge in [-0.05, 0) is 50.6 Å². The van der Waals surface area contributed by atoms with Crippen LogP contribution in [-0.4, -0.2) is 27.9 Å². The quantitative estimate of drug-likeness (QED) is 0.653. The fourth-order valence-corrected chi connectivity index (χ4v) is 3.70. The number of aromatic nitrogens is 2. The molecule has 0 radical (unpaired) electrons. The third-order valence-electron chi connectivity index (χ3n) is 4.04. The van der Waals surface area contributed by atoms with Crippen LogP contribution in [0.15, 0.2) is 29.1 Å². The van der Waals surface area contributed by atoms with Crippen LogP contribution in [0.4, 0.5) is 5.69 Å². The molecule has 1 aromatic carbocycles. The minimum absolute atomic E-state index is 0.233. The molecule has 28 heavy (non-hydrogen) atoms. The van der Waals surface area contributed by atoms with Gasteiger partial charge in [0.1, 0.15) is 15.5 Å². The number of ether oxygens (including phenoxy) is 1. The van der Waals surface area contributed by atoms with Crippen LogP contribution in [0.1, 0.15) is 33.5 Å². The Kier molecular flexibility index (Phi) is 5.24. The van der Waals surface area contributed by atoms with Crippen molar-refractivity contribution < 1.29 is 14.3 Å². The predicted octanol–water partition coefficient (Wildman–Crippen LogP) is 2.66. The molecule has 3 rings (SSSR count). The molecule has 0 saturated carbocycles. The minimum atomic E-state index is -1.05. The molecule has 0 spiro atoms. The molecule has 0 unspecified atom stereocenters. The van der Waals surface area contributed by atoms with Crippen molar-refractivity contribution in [3.63, 3.8) is 0 Å². The van der Waals surface area contributed by atoms with Gasteiger partial charge >= 0.3 is 5.97 Å². The number of carbonyl (C=O) groups excluding carboxylic acids is 2. The van der Waals surface area contributed by atoms with Crippen LogP contribution in [0, 0.1) is 25.2 Å². The van der Waals surface area contributed by atoms with Crippen LogP contribution in [0.2, 0.25) is 0 Å². The van der Waals surface area contributed by atoms with Gasteiger partial charge in [0, 0.05) is 5.69 Å². The lowest BCUT2D eigenvalue weighted by atomic mass is 10.2. The molecule has 0 aliphatic heterocycles. The first-order chi connectivity index (χ1) is 13.3. The lowest BCUT2D eigenvalue weighted by Gasteiger charge is -2.13. The summed E-state index contributed by atoms with van der Waals surface area (Å²) >= 11 is 1.05. The zero-order valence-corrected chi connectivity index (χ0v) is 16.1. The number of H-pyrrole nitrogens is 1. The number of carbonyl (C=O) groups is 2. The molecule has 0 saturated heterocycles. The standard InChI is InChI=1S/C19H16N4O4S/c1-9-14-17(25)21-11(3)22-18(14)28-15(9)19(26)27-10(2)16(24)23-13-6-4-12(8-20)5-7-13/h4-7,10H,1-3H3,(H,23,24)(H,21,22,25)/t10-/m1/s1. The number of hydrogen-bond acceptors (Lipinski definition) is 7. The van der Waals surface area contributed by atoms with E-state index < -0.39 is 18.0 Å². The molecule has 0 aliphatic rings. The first-order valence-electron chi connectivity index (χ1n) is 8.32. The van der Waals surface area contributed by atoms with Crippen LogP contribution in [0.25, 0.3) is 10.2 Å². The van der Waals surface area contributed by atoms with Crippen molar-refractivity contribution in [1.82, 2.24) is 9.97 Å². The van der Waals surface area contributed by atoms with Crippen LogP contribution in [0.3, 0.4) is 0 Å². The molecule has 142 valence electrons. The zero-order valence-electron chi connectivity index (χ0n) is 15.3. The summed E-state index contributed by atoms with van der Waals surface area (Å²) in [5.74, 6) is -0.752. The third-order valence-corrected chi connectivity index (χ3v) is 5.20. The molecule has 3 aromatic rings. The van der Waals surface area contributed by atoms with E-state index >= 15 is 0 Å². The average molecular weight is 396 g/mol. The summed E-state index contributed by atoms with van der Waals surface area (Å²) in [5.41, 5.74) is 1.10. The topological polar surface area (TPSA) is 125 Å². The Labute approximate surface area is 163 Å². The molecule has 1 amide bonds. The van der Waals surface area contributed by atoms with Crippen LogP contribution >= 0.6 is 11.3 Å². The Morgan fingerprint density at radius 3 is 2.61 bits per heavy atom. The molecular formula is C19H16N4O4S. The Bertz CT molecular complexity index is 1170. The lowest BCUT2D eigenvalue weighted by Crippen LogP contribution is -2.29. The second-order valence-electron chi connectivity index (χ2n) is 6.11. The van der Waals surface area contributed by atoms with Crippen molar-refractivity contribution in [2.24, 2.45) is 0 Å². The number of aromatic amines is 1. The Hall–Kier alpha value is -3.51. The Morgan fingerprint density at radius 2 is 1.96 bits per heavy atom. The molecule has 2 N–H and O–H groups in total. The van der Waals surface area contributed by atoms with Gasteiger partial charge in [-0.15, -0.1) is 11.3 Å². The van der Waals surface area contributed by atoms with Gasteiger partial charge in [0.2, 0.25) is 0 Å². The number of amides is 1. The molecule has 0 bridgehead atoms. The summed E-state index contributed by atoms with van der Waals surface area (Å²) in [7, 11) is 0. The molecule has 1 atom stereocenters. The summed E-state index contributed by atoms with van der Waals surface area (Å²) in [6.07, 6.45) is -1.05. The van der Waals surface area contributed by atoms with Gasteiger partial charge in [0.05, 0.1) is 17.0 Å². The van der Waals surface area contributed by atoms with E-state index in [1.165, 1.54) is 6.92 Å². The Morgan fingerprint density at radius 1 is 1.29 bits per heavy atom. The number of aryl methyl sites for hydroxylation is 2. The van der Waals surface area contributed by atoms with Crippen LogP contribution in [0.5, 0.6) is 0 Å². The number of thiophene rings is 1. The molecule has 2 aromatic heterocycles. The zero-order chi connectivity index (χ0) is 20.4. The van der Waals surface area contributed by atoms with E-state index in [1.54, 1.807) is 38.1 Å². The predicted molar refractivity (Wildman–Crippen MR) is 104 cm³/mol. The highest BCUT2D eigenvalue weighted by atomic mass is 32.1. The second kappa shape index (κ2) is 7.62. The van der Waals surface area contributed by atoms with Gasteiger partial charge in [0.15, 0.2) is 6.10 Å². The van der Waals surface area contributed by atoms with Crippen LogP contribution in [-0.2, 0) is 9.53 Å². The van der Waals surface area contributed by atoms with Gasteiger partial charge in [-0.1, -0.05) is 0 Å². The van der Waals surface area contributed by atoms with E-state index in [2.05, 4.69) is 15.3 Å². The van der Waals surface area contributed by atoms with Crippen molar-refractivity contribution in [2.45, 2.75) is 26.9 Å². The number of benzene rings is 1. The number of nitrogens with one attached hydrogen (secondary N) is 2. The molecule has 2 heterocycles. The van der Waals surface area contributed by atoms with Gasteiger partial charge in [0.25, 0.3) is 11.5 Å². The van der Waals surface area contributed by atoms with Crippen molar-refractivity contribution >= 4 is 39.1 Å². The highest BCUT2D eigenvalue weighted by molar-refractivity contribution is 7.20. The highest BCUT2D eigenvalue weighted by Crippen LogP contribution is 2.28. The smallest absolute Gasteiger partial charge is 0.349 e. The largest absolute Gasteiger partial charge is 0.448 e. The number of fused-ring (bicyclic) bond motifs is 1. The average Bonchev–Trinajstić information content (AvgIpc) is 2.98. The van der Waals surface area contributed by atoms with E-state index in [1.807, 2.05) is 6.07 Å². The monoisotopic (exact) mass is 396 g/mol. The first-order valence-corrected chi connectivity index (χ1v) is 9.14. The molecule has 0 fully saturated rings. The van der Waals surface area contributed by atoms with Crippen LogP contribution < -0.4 is 10.9 Å². The van der Waals surface area contributed by atoms with Gasteiger partial charge in [-0.3, -0.25) is 9.59 Å². The number of nitriles is 1. The van der Waals surface area contributed by atoms with Gasteiger partial charge in [-0.2, -0.15) is 5.26 Å². The fraction of sp³-hybridized carbons (Fsp3) is 0.211. The SMILES string of the molecule is Cc1nc2sc(C(=O)O[C@H](C)C(=O)Nc3ccc(C#N)cc3)c(C)c2c(=O)[nH]1.